The largest absolute Gasteiger partial charge is 0.493 e. The molecule has 138 valence electrons. The standard InChI is InChI=1S/C20H24N2O4/c1-24-18-8-4-5-9-19(18)26-13-10-20(23)21-16-6-2-3-7-17(16)22-11-14-25-15-12-22/h2-9H,10-15H2,1H3,(H,21,23). The lowest BCUT2D eigenvalue weighted by molar-refractivity contribution is -0.116. The number of para-hydroxylation sites is 4. The molecular weight excluding hydrogens is 332 g/mol. The second-order valence-electron chi connectivity index (χ2n) is 5.91. The van der Waals surface area contributed by atoms with E-state index in [2.05, 4.69) is 10.2 Å². The number of methoxy groups -OCH3 is 1. The van der Waals surface area contributed by atoms with Gasteiger partial charge >= 0.3 is 0 Å². The summed E-state index contributed by atoms with van der Waals surface area (Å²) in [5.74, 6) is 1.21. The SMILES string of the molecule is COc1ccccc1OCCC(=O)Nc1ccccc1N1CCOCC1. The third kappa shape index (κ3) is 4.67. The van der Waals surface area contributed by atoms with Crippen molar-refractivity contribution in [2.45, 2.75) is 6.42 Å². The van der Waals surface area contributed by atoms with Crippen molar-refractivity contribution in [3.05, 3.63) is 48.5 Å². The molecule has 1 heterocycles. The molecule has 0 spiro atoms. The zero-order valence-electron chi connectivity index (χ0n) is 14.9. The van der Waals surface area contributed by atoms with Gasteiger partial charge in [0, 0.05) is 13.1 Å². The molecule has 1 aliphatic rings. The van der Waals surface area contributed by atoms with E-state index in [1.165, 1.54) is 0 Å². The Kier molecular flexibility index (Phi) is 6.33. The molecular formula is C20H24N2O4. The number of ether oxygens (including phenoxy) is 3. The molecule has 3 rings (SSSR count). The molecule has 2 aromatic rings. The van der Waals surface area contributed by atoms with Gasteiger partial charge in [0.05, 0.1) is 44.7 Å². The number of hydrogen-bond acceptors (Lipinski definition) is 5. The summed E-state index contributed by atoms with van der Waals surface area (Å²) in [5, 5.41) is 2.99. The highest BCUT2D eigenvalue weighted by atomic mass is 16.5. The second-order valence-corrected chi connectivity index (χ2v) is 5.91. The van der Waals surface area contributed by atoms with Gasteiger partial charge in [0.15, 0.2) is 11.5 Å². The van der Waals surface area contributed by atoms with Gasteiger partial charge in [-0.3, -0.25) is 4.79 Å². The van der Waals surface area contributed by atoms with Gasteiger partial charge in [0.1, 0.15) is 0 Å². The van der Waals surface area contributed by atoms with E-state index in [1.807, 2.05) is 48.5 Å². The van der Waals surface area contributed by atoms with Crippen molar-refractivity contribution in [3.63, 3.8) is 0 Å². The molecule has 0 unspecified atom stereocenters. The Bertz CT molecular complexity index is 729. The summed E-state index contributed by atoms with van der Waals surface area (Å²) in [6, 6.07) is 15.2. The Morgan fingerprint density at radius 2 is 1.77 bits per heavy atom. The van der Waals surface area contributed by atoms with Crippen LogP contribution in [0.25, 0.3) is 0 Å². The highest BCUT2D eigenvalue weighted by molar-refractivity contribution is 5.94. The molecule has 6 nitrogen and oxygen atoms in total. The molecule has 0 saturated carbocycles. The fourth-order valence-corrected chi connectivity index (χ4v) is 2.86. The van der Waals surface area contributed by atoms with Crippen LogP contribution >= 0.6 is 0 Å². The third-order valence-corrected chi connectivity index (χ3v) is 4.19. The Balaban J connectivity index is 1.55. The first-order valence-electron chi connectivity index (χ1n) is 8.75. The van der Waals surface area contributed by atoms with E-state index in [9.17, 15) is 4.79 Å². The molecule has 0 aromatic heterocycles. The summed E-state index contributed by atoms with van der Waals surface area (Å²) in [5.41, 5.74) is 1.84. The molecule has 0 atom stereocenters. The van der Waals surface area contributed by atoms with E-state index in [0.29, 0.717) is 24.7 Å². The highest BCUT2D eigenvalue weighted by Crippen LogP contribution is 2.27. The zero-order chi connectivity index (χ0) is 18.2. The van der Waals surface area contributed by atoms with Crippen molar-refractivity contribution >= 4 is 17.3 Å². The van der Waals surface area contributed by atoms with E-state index < -0.39 is 0 Å². The van der Waals surface area contributed by atoms with Crippen molar-refractivity contribution in [2.24, 2.45) is 0 Å². The van der Waals surface area contributed by atoms with Crippen LogP contribution in [0.15, 0.2) is 48.5 Å². The quantitative estimate of drug-likeness (QED) is 0.827. The van der Waals surface area contributed by atoms with Crippen LogP contribution in [0, 0.1) is 0 Å². The molecule has 2 aromatic carbocycles. The molecule has 0 bridgehead atoms. The van der Waals surface area contributed by atoms with Crippen LogP contribution < -0.4 is 19.7 Å². The van der Waals surface area contributed by atoms with E-state index in [0.717, 1.165) is 24.5 Å². The fourth-order valence-electron chi connectivity index (χ4n) is 2.86. The van der Waals surface area contributed by atoms with Crippen LogP contribution in [-0.4, -0.2) is 45.9 Å². The number of nitrogens with zero attached hydrogens (tertiary/aromatic N) is 1. The molecule has 1 fully saturated rings. The lowest BCUT2D eigenvalue weighted by Gasteiger charge is -2.30. The second kappa shape index (κ2) is 9.10. The number of amides is 1. The number of carbonyl (C=O) groups excluding carboxylic acids is 1. The molecule has 1 aliphatic heterocycles. The highest BCUT2D eigenvalue weighted by Gasteiger charge is 2.15. The molecule has 0 aliphatic carbocycles. The first-order valence-corrected chi connectivity index (χ1v) is 8.75. The van der Waals surface area contributed by atoms with Crippen LogP contribution in [-0.2, 0) is 9.53 Å². The van der Waals surface area contributed by atoms with Gasteiger partial charge in [-0.2, -0.15) is 0 Å². The lowest BCUT2D eigenvalue weighted by atomic mass is 10.2. The fraction of sp³-hybridized carbons (Fsp3) is 0.350. The molecule has 26 heavy (non-hydrogen) atoms. The van der Waals surface area contributed by atoms with Crippen molar-refractivity contribution in [1.82, 2.24) is 0 Å². The van der Waals surface area contributed by atoms with Crippen molar-refractivity contribution in [2.75, 3.05) is 50.2 Å². The number of benzene rings is 2. The predicted octanol–water partition coefficient (Wildman–Crippen LogP) is 2.94. The monoisotopic (exact) mass is 356 g/mol. The average molecular weight is 356 g/mol. The summed E-state index contributed by atoms with van der Waals surface area (Å²) in [6.45, 7) is 3.34. The Hall–Kier alpha value is -2.73. The number of anilines is 2. The van der Waals surface area contributed by atoms with Gasteiger partial charge in [0.25, 0.3) is 0 Å². The number of nitrogens with one attached hydrogen (secondary N) is 1. The summed E-state index contributed by atoms with van der Waals surface area (Å²) in [7, 11) is 1.59. The maximum atomic E-state index is 12.3. The first kappa shape index (κ1) is 18.1. The molecule has 1 N–H and O–H groups in total. The Labute approximate surface area is 153 Å². The zero-order valence-corrected chi connectivity index (χ0v) is 14.9. The number of rotatable bonds is 7. The van der Waals surface area contributed by atoms with E-state index in [4.69, 9.17) is 14.2 Å². The van der Waals surface area contributed by atoms with Crippen molar-refractivity contribution in [3.8, 4) is 11.5 Å². The smallest absolute Gasteiger partial charge is 0.227 e. The number of hydrogen-bond donors (Lipinski definition) is 1. The van der Waals surface area contributed by atoms with Crippen LogP contribution in [0.3, 0.4) is 0 Å². The minimum atomic E-state index is -0.0828. The minimum absolute atomic E-state index is 0.0828. The topological polar surface area (TPSA) is 60.0 Å². The summed E-state index contributed by atoms with van der Waals surface area (Å²) >= 11 is 0. The summed E-state index contributed by atoms with van der Waals surface area (Å²) < 4.78 is 16.3. The third-order valence-electron chi connectivity index (χ3n) is 4.19. The number of morpholine rings is 1. The minimum Gasteiger partial charge on any atom is -0.493 e. The van der Waals surface area contributed by atoms with E-state index in [1.54, 1.807) is 7.11 Å². The van der Waals surface area contributed by atoms with Gasteiger partial charge in [-0.1, -0.05) is 24.3 Å². The lowest BCUT2D eigenvalue weighted by Crippen LogP contribution is -2.36. The molecule has 0 radical (unpaired) electrons. The van der Waals surface area contributed by atoms with Crippen LogP contribution in [0.4, 0.5) is 11.4 Å². The van der Waals surface area contributed by atoms with Gasteiger partial charge < -0.3 is 24.4 Å². The van der Waals surface area contributed by atoms with E-state index in [-0.39, 0.29) is 18.9 Å². The van der Waals surface area contributed by atoms with Gasteiger partial charge in [-0.15, -0.1) is 0 Å². The Morgan fingerprint density at radius 1 is 1.08 bits per heavy atom. The van der Waals surface area contributed by atoms with E-state index >= 15 is 0 Å². The normalized spacial score (nSPS) is 14.0. The van der Waals surface area contributed by atoms with Crippen LogP contribution in [0.2, 0.25) is 0 Å². The first-order chi connectivity index (χ1) is 12.8. The van der Waals surface area contributed by atoms with Gasteiger partial charge in [-0.25, -0.2) is 0 Å². The predicted molar refractivity (Wildman–Crippen MR) is 101 cm³/mol. The Morgan fingerprint density at radius 3 is 2.54 bits per heavy atom. The van der Waals surface area contributed by atoms with Crippen LogP contribution in [0.5, 0.6) is 11.5 Å². The average Bonchev–Trinajstić information content (AvgIpc) is 2.69. The maximum Gasteiger partial charge on any atom is 0.227 e. The summed E-state index contributed by atoms with van der Waals surface area (Å²) in [4.78, 5) is 14.6. The molecule has 1 amide bonds. The maximum absolute atomic E-state index is 12.3. The van der Waals surface area contributed by atoms with Crippen LogP contribution in [0.1, 0.15) is 6.42 Å². The van der Waals surface area contributed by atoms with Crippen molar-refractivity contribution < 1.29 is 19.0 Å². The molecule has 6 heteroatoms. The molecule has 1 saturated heterocycles. The van der Waals surface area contributed by atoms with Gasteiger partial charge in [0.2, 0.25) is 5.91 Å². The van der Waals surface area contributed by atoms with Gasteiger partial charge in [-0.05, 0) is 24.3 Å². The van der Waals surface area contributed by atoms with Crippen molar-refractivity contribution in [1.29, 1.82) is 0 Å². The summed E-state index contributed by atoms with van der Waals surface area (Å²) in [6.07, 6.45) is 0.259. The number of carbonyl (C=O) groups is 1.